The Balaban J connectivity index is 1.70. The Hall–Kier alpha value is -3.26. The highest BCUT2D eigenvalue weighted by atomic mass is 79.9. The summed E-state index contributed by atoms with van der Waals surface area (Å²) in [5, 5.41) is 12.1. The van der Waals surface area contributed by atoms with Gasteiger partial charge in [0.1, 0.15) is 12.1 Å². The molecule has 0 aliphatic rings. The molecule has 0 aliphatic heterocycles. The summed E-state index contributed by atoms with van der Waals surface area (Å²) < 4.78 is 3.67. The lowest BCUT2D eigenvalue weighted by atomic mass is 10.2. The third kappa shape index (κ3) is 3.46. The maximum absolute atomic E-state index is 13.0. The minimum absolute atomic E-state index is 0.189. The molecule has 4 rings (SSSR count). The van der Waals surface area contributed by atoms with Crippen LogP contribution in [0.3, 0.4) is 0 Å². The molecular weight excluding hydrogens is 422 g/mol. The topological polar surface area (TPSA) is 81.8 Å². The van der Waals surface area contributed by atoms with Crippen LogP contribution in [-0.2, 0) is 11.3 Å². The molecule has 0 fully saturated rings. The van der Waals surface area contributed by atoms with Crippen LogP contribution in [0.1, 0.15) is 5.69 Å². The van der Waals surface area contributed by atoms with E-state index in [2.05, 4.69) is 31.4 Å². The normalized spacial score (nSPS) is 10.9. The number of nitrogens with one attached hydrogen (secondary N) is 1. The van der Waals surface area contributed by atoms with Gasteiger partial charge in [0, 0.05) is 15.5 Å². The van der Waals surface area contributed by atoms with Crippen molar-refractivity contribution in [2.45, 2.75) is 13.5 Å². The van der Waals surface area contributed by atoms with Gasteiger partial charge in [-0.3, -0.25) is 9.59 Å². The van der Waals surface area contributed by atoms with E-state index >= 15 is 0 Å². The summed E-state index contributed by atoms with van der Waals surface area (Å²) in [6.07, 6.45) is 1.62. The van der Waals surface area contributed by atoms with Gasteiger partial charge in [0.2, 0.25) is 5.91 Å². The number of aromatic nitrogens is 4. The van der Waals surface area contributed by atoms with E-state index in [0.717, 1.165) is 10.2 Å². The predicted octanol–water partition coefficient (Wildman–Crippen LogP) is 3.29. The quantitative estimate of drug-likeness (QED) is 0.530. The maximum atomic E-state index is 13.0. The average Bonchev–Trinajstić information content (AvgIpc) is 3.14. The zero-order valence-corrected chi connectivity index (χ0v) is 16.5. The zero-order chi connectivity index (χ0) is 19.7. The number of para-hydroxylation sites is 1. The van der Waals surface area contributed by atoms with Crippen molar-refractivity contribution in [1.29, 1.82) is 0 Å². The first-order chi connectivity index (χ1) is 13.5. The second-order valence-corrected chi connectivity index (χ2v) is 7.17. The lowest BCUT2D eigenvalue weighted by Crippen LogP contribution is -2.31. The lowest BCUT2D eigenvalue weighted by Gasteiger charge is -2.09. The lowest BCUT2D eigenvalue weighted by molar-refractivity contribution is -0.117. The van der Waals surface area contributed by atoms with Crippen LogP contribution in [0.25, 0.3) is 16.6 Å². The summed E-state index contributed by atoms with van der Waals surface area (Å²) in [4.78, 5) is 25.4. The van der Waals surface area contributed by atoms with Crippen LogP contribution in [0.2, 0.25) is 0 Å². The number of hydrogen-bond acceptors (Lipinski definition) is 4. The van der Waals surface area contributed by atoms with Gasteiger partial charge in [-0.2, -0.15) is 10.2 Å². The van der Waals surface area contributed by atoms with Gasteiger partial charge >= 0.3 is 0 Å². The van der Waals surface area contributed by atoms with Gasteiger partial charge in [0.15, 0.2) is 0 Å². The van der Waals surface area contributed by atoms with Crippen molar-refractivity contribution in [3.05, 3.63) is 81.3 Å². The molecule has 28 heavy (non-hydrogen) atoms. The van der Waals surface area contributed by atoms with E-state index in [-0.39, 0.29) is 18.0 Å². The number of carbonyl (C=O) groups excluding carboxylic acids is 1. The Morgan fingerprint density at radius 3 is 2.54 bits per heavy atom. The second-order valence-electron chi connectivity index (χ2n) is 6.26. The molecule has 4 aromatic rings. The molecule has 2 heterocycles. The van der Waals surface area contributed by atoms with E-state index in [0.29, 0.717) is 22.3 Å². The largest absolute Gasteiger partial charge is 0.324 e. The molecule has 0 aliphatic carbocycles. The van der Waals surface area contributed by atoms with Crippen molar-refractivity contribution < 1.29 is 4.79 Å². The van der Waals surface area contributed by atoms with Crippen LogP contribution in [0.4, 0.5) is 5.69 Å². The summed E-state index contributed by atoms with van der Waals surface area (Å²) in [6, 6.07) is 16.6. The number of rotatable bonds is 4. The molecule has 0 unspecified atom stereocenters. The van der Waals surface area contributed by atoms with E-state index in [4.69, 9.17) is 0 Å². The van der Waals surface area contributed by atoms with Crippen LogP contribution in [0.5, 0.6) is 0 Å². The van der Waals surface area contributed by atoms with Crippen LogP contribution in [0, 0.1) is 6.92 Å². The Kier molecular flexibility index (Phi) is 4.79. The highest BCUT2D eigenvalue weighted by Gasteiger charge is 2.16. The number of hydrogen-bond donors (Lipinski definition) is 1. The number of halogens is 1. The maximum Gasteiger partial charge on any atom is 0.293 e. The third-order valence-electron chi connectivity index (χ3n) is 4.29. The Bertz CT molecular complexity index is 1210. The fraction of sp³-hybridized carbons (Fsp3) is 0.100. The van der Waals surface area contributed by atoms with Crippen molar-refractivity contribution in [2.24, 2.45) is 0 Å². The monoisotopic (exact) mass is 437 g/mol. The molecule has 140 valence electrons. The van der Waals surface area contributed by atoms with E-state index < -0.39 is 0 Å². The molecule has 7 nitrogen and oxygen atoms in total. The number of amides is 1. The molecule has 0 spiro atoms. The summed E-state index contributed by atoms with van der Waals surface area (Å²) in [6.45, 7) is 1.60. The molecule has 2 aromatic carbocycles. The molecule has 0 radical (unpaired) electrons. The standard InChI is InChI=1S/C20H16BrN5O2/c1-13-17-11-22-26(16-5-3-2-4-6-16)19(17)20(28)25(24-13)12-18(27)23-15-9-7-14(21)8-10-15/h2-11H,12H2,1H3,(H,23,27). The van der Waals surface area contributed by atoms with Crippen molar-refractivity contribution in [2.75, 3.05) is 5.32 Å². The van der Waals surface area contributed by atoms with Gasteiger partial charge in [0.05, 0.1) is 17.6 Å². The van der Waals surface area contributed by atoms with Gasteiger partial charge in [-0.05, 0) is 43.3 Å². The number of anilines is 1. The minimum Gasteiger partial charge on any atom is -0.324 e. The van der Waals surface area contributed by atoms with Crippen LogP contribution < -0.4 is 10.9 Å². The molecule has 1 N–H and O–H groups in total. The first-order valence-electron chi connectivity index (χ1n) is 8.59. The molecule has 0 atom stereocenters. The van der Waals surface area contributed by atoms with E-state index in [1.807, 2.05) is 42.5 Å². The van der Waals surface area contributed by atoms with Crippen LogP contribution in [0.15, 0.2) is 70.1 Å². The van der Waals surface area contributed by atoms with Gasteiger partial charge in [-0.15, -0.1) is 0 Å². The Morgan fingerprint density at radius 2 is 1.82 bits per heavy atom. The van der Waals surface area contributed by atoms with Gasteiger partial charge in [0.25, 0.3) is 5.56 Å². The number of carbonyl (C=O) groups is 1. The van der Waals surface area contributed by atoms with E-state index in [9.17, 15) is 9.59 Å². The van der Waals surface area contributed by atoms with Gasteiger partial charge < -0.3 is 5.32 Å². The van der Waals surface area contributed by atoms with Crippen molar-refractivity contribution in [1.82, 2.24) is 19.6 Å². The molecule has 0 saturated carbocycles. The second kappa shape index (κ2) is 7.40. The number of aryl methyl sites for hydroxylation is 1. The molecule has 1 amide bonds. The Labute approximate surface area is 168 Å². The highest BCUT2D eigenvalue weighted by Crippen LogP contribution is 2.17. The molecular formula is C20H16BrN5O2. The van der Waals surface area contributed by atoms with Crippen molar-refractivity contribution in [3.8, 4) is 5.69 Å². The summed E-state index contributed by atoms with van der Waals surface area (Å²) in [7, 11) is 0. The molecule has 8 heteroatoms. The van der Waals surface area contributed by atoms with Crippen molar-refractivity contribution >= 4 is 38.4 Å². The molecule has 0 saturated heterocycles. The highest BCUT2D eigenvalue weighted by molar-refractivity contribution is 9.10. The first-order valence-corrected chi connectivity index (χ1v) is 9.38. The fourth-order valence-electron chi connectivity index (χ4n) is 2.96. The fourth-order valence-corrected chi connectivity index (χ4v) is 3.23. The summed E-state index contributed by atoms with van der Waals surface area (Å²) in [5.74, 6) is -0.332. The Morgan fingerprint density at radius 1 is 1.11 bits per heavy atom. The minimum atomic E-state index is -0.368. The first kappa shape index (κ1) is 18.1. The van der Waals surface area contributed by atoms with Crippen molar-refractivity contribution in [3.63, 3.8) is 0 Å². The summed E-state index contributed by atoms with van der Waals surface area (Å²) >= 11 is 3.35. The smallest absolute Gasteiger partial charge is 0.293 e. The zero-order valence-electron chi connectivity index (χ0n) is 15.0. The molecule has 0 bridgehead atoms. The van der Waals surface area contributed by atoms with Gasteiger partial charge in [-0.1, -0.05) is 34.1 Å². The summed E-state index contributed by atoms with van der Waals surface area (Å²) in [5.41, 5.74) is 2.08. The van der Waals surface area contributed by atoms with Gasteiger partial charge in [-0.25, -0.2) is 9.36 Å². The SMILES string of the molecule is Cc1nn(CC(=O)Nc2ccc(Br)cc2)c(=O)c2c1cnn2-c1ccccc1. The van der Waals surface area contributed by atoms with Crippen LogP contribution in [-0.4, -0.2) is 25.5 Å². The number of nitrogens with zero attached hydrogens (tertiary/aromatic N) is 4. The number of benzene rings is 2. The van der Waals surface area contributed by atoms with E-state index in [1.165, 1.54) is 4.68 Å². The molecule has 2 aromatic heterocycles. The average molecular weight is 438 g/mol. The van der Waals surface area contributed by atoms with Crippen LogP contribution >= 0.6 is 15.9 Å². The number of fused-ring (bicyclic) bond motifs is 1. The van der Waals surface area contributed by atoms with E-state index in [1.54, 1.807) is 29.9 Å². The predicted molar refractivity (Wildman–Crippen MR) is 111 cm³/mol. The third-order valence-corrected chi connectivity index (χ3v) is 4.82.